The van der Waals surface area contributed by atoms with Crippen molar-refractivity contribution in [1.29, 1.82) is 0 Å². The summed E-state index contributed by atoms with van der Waals surface area (Å²) in [5.41, 5.74) is 5.98. The summed E-state index contributed by atoms with van der Waals surface area (Å²) >= 11 is 0. The molecule has 0 amide bonds. The molecule has 0 aliphatic carbocycles. The summed E-state index contributed by atoms with van der Waals surface area (Å²) < 4.78 is 23.0. The Balaban J connectivity index is 1.88. The second-order valence-corrected chi connectivity index (χ2v) is 13.8. The number of aliphatic carboxylic acids is 1. The van der Waals surface area contributed by atoms with Gasteiger partial charge in [0.2, 0.25) is 0 Å². The number of Topliss-reactive ketones (excluding diaryl/α,β-unsaturated/α-hetero) is 1. The SMILES string of the molecule is C[C@@H]1C/C=C/C=C/C=C/C=C/[C@H](O[C@@H]2O[C@H](C)[C@@H](O)[C@H](N)[C@@H]2O)CC2O[C@](O)(C[C@@H](O)CCCC(=O)C[C@@H](O)[C@H](C)C(=O)O1)C[C@H](O)[C@H]2C(=O)O. The summed E-state index contributed by atoms with van der Waals surface area (Å²) in [5.74, 6) is -6.94. The van der Waals surface area contributed by atoms with E-state index in [4.69, 9.17) is 24.7 Å². The molecule has 15 nitrogen and oxygen atoms in total. The molecule has 3 rings (SSSR count). The Kier molecular flexibility index (Phi) is 16.6. The number of aliphatic hydroxyl groups excluding tert-OH is 5. The molecule has 9 N–H and O–H groups in total. The third-order valence-electron chi connectivity index (χ3n) is 9.41. The normalized spacial score (nSPS) is 44.1. The van der Waals surface area contributed by atoms with Crippen LogP contribution in [-0.4, -0.2) is 127 Å². The molecule has 0 aromatic carbocycles. The zero-order valence-corrected chi connectivity index (χ0v) is 29.3. The van der Waals surface area contributed by atoms with E-state index in [1.807, 2.05) is 0 Å². The topological polar surface area (TPSA) is 256 Å². The average Bonchev–Trinajstić information content (AvgIpc) is 3.03. The summed E-state index contributed by atoms with van der Waals surface area (Å²) in [7, 11) is 0. The molecule has 0 aromatic rings. The van der Waals surface area contributed by atoms with Crippen molar-refractivity contribution in [2.24, 2.45) is 17.6 Å². The monoisotopic (exact) mass is 725 g/mol. The number of hydrogen-bond donors (Lipinski definition) is 8. The van der Waals surface area contributed by atoms with Crippen LogP contribution in [0.25, 0.3) is 0 Å². The van der Waals surface area contributed by atoms with Gasteiger partial charge in [-0.3, -0.25) is 14.4 Å². The second-order valence-electron chi connectivity index (χ2n) is 13.8. The van der Waals surface area contributed by atoms with E-state index >= 15 is 0 Å². The van der Waals surface area contributed by atoms with E-state index in [-0.39, 0.29) is 37.9 Å². The fourth-order valence-corrected chi connectivity index (χ4v) is 6.34. The van der Waals surface area contributed by atoms with E-state index in [0.717, 1.165) is 0 Å². The Labute approximate surface area is 298 Å². The molecule has 3 aliphatic heterocycles. The molecule has 0 radical (unpaired) electrons. The number of hydrogen-bond acceptors (Lipinski definition) is 14. The van der Waals surface area contributed by atoms with Crippen molar-refractivity contribution in [2.45, 2.75) is 145 Å². The van der Waals surface area contributed by atoms with Crippen LogP contribution in [0.15, 0.2) is 48.6 Å². The standard InChI is InChI=1S/C36H55NO14/c1-20-12-9-7-5-4-6-8-10-15-25(50-35-32(43)30(37)31(42)22(3)49-35)17-28-29(33(44)45)27(41)19-36(47,51-28)18-24(39)14-11-13-23(38)16-26(40)21(2)34(46)48-20/h4-10,15,20-22,24-32,35,39-43,47H,11-14,16-19,37H2,1-3H3,(H,44,45)/b5-4+,8-6+,9-7+,15-10+/t20-,21+,22-,24+,25+,26-,27+,28?,29-,30+,31-,32+,35+,36-/m1/s1. The number of carboxylic acids is 1. The van der Waals surface area contributed by atoms with Crippen LogP contribution in [0, 0.1) is 11.8 Å². The molecule has 2 fully saturated rings. The lowest BCUT2D eigenvalue weighted by Gasteiger charge is -2.45. The van der Waals surface area contributed by atoms with Crippen LogP contribution in [0.4, 0.5) is 0 Å². The Bertz CT molecular complexity index is 1270. The minimum Gasteiger partial charge on any atom is -0.481 e. The minimum absolute atomic E-state index is 0.0234. The van der Waals surface area contributed by atoms with Gasteiger partial charge < -0.3 is 60.4 Å². The van der Waals surface area contributed by atoms with Gasteiger partial charge >= 0.3 is 11.9 Å². The number of carbonyl (C=O) groups excluding carboxylic acids is 2. The summed E-state index contributed by atoms with van der Waals surface area (Å²) in [4.78, 5) is 37.4. The number of esters is 1. The molecule has 2 bridgehead atoms. The maximum Gasteiger partial charge on any atom is 0.311 e. The molecule has 2 saturated heterocycles. The molecule has 51 heavy (non-hydrogen) atoms. The van der Waals surface area contributed by atoms with Crippen LogP contribution in [0.5, 0.6) is 0 Å². The van der Waals surface area contributed by atoms with Gasteiger partial charge in [-0.05, 0) is 33.6 Å². The first-order valence-corrected chi connectivity index (χ1v) is 17.5. The van der Waals surface area contributed by atoms with Crippen molar-refractivity contribution >= 4 is 17.7 Å². The van der Waals surface area contributed by atoms with Gasteiger partial charge in [-0.1, -0.05) is 48.6 Å². The molecular weight excluding hydrogens is 670 g/mol. The van der Waals surface area contributed by atoms with Crippen molar-refractivity contribution in [2.75, 3.05) is 0 Å². The lowest BCUT2D eigenvalue weighted by atomic mass is 9.83. The summed E-state index contributed by atoms with van der Waals surface area (Å²) in [6.45, 7) is 4.74. The predicted molar refractivity (Wildman–Crippen MR) is 181 cm³/mol. The maximum absolute atomic E-state index is 12.6. The van der Waals surface area contributed by atoms with E-state index in [1.54, 1.807) is 62.5 Å². The van der Waals surface area contributed by atoms with Crippen molar-refractivity contribution in [1.82, 2.24) is 0 Å². The zero-order valence-electron chi connectivity index (χ0n) is 29.3. The minimum atomic E-state index is -2.15. The number of fused-ring (bicyclic) bond motifs is 2. The van der Waals surface area contributed by atoms with E-state index in [9.17, 15) is 50.1 Å². The van der Waals surface area contributed by atoms with E-state index in [1.165, 1.54) is 6.92 Å². The Morgan fingerprint density at radius 2 is 1.61 bits per heavy atom. The number of ketones is 1. The van der Waals surface area contributed by atoms with Crippen LogP contribution < -0.4 is 5.73 Å². The van der Waals surface area contributed by atoms with E-state index < -0.39 is 110 Å². The molecule has 3 heterocycles. The van der Waals surface area contributed by atoms with Gasteiger partial charge in [0, 0.05) is 38.5 Å². The lowest BCUT2D eigenvalue weighted by molar-refractivity contribution is -0.308. The van der Waals surface area contributed by atoms with Gasteiger partial charge in [0.1, 0.15) is 23.9 Å². The number of nitrogens with two attached hydrogens (primary N) is 1. The fourth-order valence-electron chi connectivity index (χ4n) is 6.34. The number of aliphatic hydroxyl groups is 6. The molecule has 288 valence electrons. The third kappa shape index (κ3) is 13.0. The zero-order chi connectivity index (χ0) is 37.9. The third-order valence-corrected chi connectivity index (χ3v) is 9.41. The highest BCUT2D eigenvalue weighted by Gasteiger charge is 2.50. The van der Waals surface area contributed by atoms with Crippen molar-refractivity contribution < 1.29 is 69.1 Å². The largest absolute Gasteiger partial charge is 0.481 e. The number of ether oxygens (including phenoxy) is 4. The molecule has 0 spiro atoms. The average molecular weight is 726 g/mol. The lowest BCUT2D eigenvalue weighted by Crippen LogP contribution is -2.61. The highest BCUT2D eigenvalue weighted by molar-refractivity contribution is 5.80. The maximum atomic E-state index is 12.6. The Hall–Kier alpha value is -2.83. The Morgan fingerprint density at radius 1 is 0.941 bits per heavy atom. The number of allylic oxidation sites excluding steroid dienone is 6. The van der Waals surface area contributed by atoms with Gasteiger partial charge in [0.25, 0.3) is 0 Å². The molecule has 1 unspecified atom stereocenters. The van der Waals surface area contributed by atoms with Crippen molar-refractivity contribution in [3.8, 4) is 0 Å². The first kappa shape index (κ1) is 42.6. The molecule has 3 aliphatic rings. The quantitative estimate of drug-likeness (QED) is 0.185. The van der Waals surface area contributed by atoms with Crippen LogP contribution in [-0.2, 0) is 33.3 Å². The van der Waals surface area contributed by atoms with Gasteiger partial charge in [0.05, 0.1) is 54.7 Å². The van der Waals surface area contributed by atoms with Gasteiger partial charge in [-0.25, -0.2) is 0 Å². The van der Waals surface area contributed by atoms with Crippen LogP contribution in [0.1, 0.15) is 72.1 Å². The van der Waals surface area contributed by atoms with E-state index in [0.29, 0.717) is 6.42 Å². The number of carboxylic acid groups (broad SMARTS) is 1. The summed E-state index contributed by atoms with van der Waals surface area (Å²) in [5, 5.41) is 74.5. The van der Waals surface area contributed by atoms with Crippen molar-refractivity contribution in [3.05, 3.63) is 48.6 Å². The predicted octanol–water partition coefficient (Wildman–Crippen LogP) is 0.533. The number of cyclic esters (lactones) is 1. The van der Waals surface area contributed by atoms with Gasteiger partial charge in [0.15, 0.2) is 12.1 Å². The highest BCUT2D eigenvalue weighted by atomic mass is 16.7. The number of rotatable bonds is 3. The molecule has 0 aromatic heterocycles. The molecule has 15 heteroatoms. The second kappa shape index (κ2) is 19.9. The fraction of sp³-hybridized carbons (Fsp3) is 0.694. The Morgan fingerprint density at radius 3 is 2.29 bits per heavy atom. The van der Waals surface area contributed by atoms with E-state index in [2.05, 4.69) is 0 Å². The first-order valence-electron chi connectivity index (χ1n) is 17.5. The van der Waals surface area contributed by atoms with Crippen molar-refractivity contribution in [3.63, 3.8) is 0 Å². The van der Waals surface area contributed by atoms with Gasteiger partial charge in [-0.2, -0.15) is 0 Å². The summed E-state index contributed by atoms with van der Waals surface area (Å²) in [6, 6.07) is -1.10. The van der Waals surface area contributed by atoms with Crippen LogP contribution in [0.3, 0.4) is 0 Å². The smallest absolute Gasteiger partial charge is 0.311 e. The van der Waals surface area contributed by atoms with Crippen LogP contribution in [0.2, 0.25) is 0 Å². The first-order chi connectivity index (χ1) is 24.0. The highest BCUT2D eigenvalue weighted by Crippen LogP contribution is 2.38. The molecular formula is C36H55NO14. The van der Waals surface area contributed by atoms with Gasteiger partial charge in [-0.15, -0.1) is 0 Å². The van der Waals surface area contributed by atoms with Crippen LogP contribution >= 0.6 is 0 Å². The molecule has 14 atom stereocenters. The number of carbonyl (C=O) groups is 3. The molecule has 0 saturated carbocycles. The summed E-state index contributed by atoms with van der Waals surface area (Å²) in [6.07, 6.45) is 0.978.